The average Bonchev–Trinajstić information content (AvgIpc) is 3.59. The van der Waals surface area contributed by atoms with E-state index in [4.69, 9.17) is 28.4 Å². The van der Waals surface area contributed by atoms with Gasteiger partial charge in [0.2, 0.25) is 12.5 Å². The van der Waals surface area contributed by atoms with E-state index in [0.29, 0.717) is 31.2 Å². The Bertz CT molecular complexity index is 1290. The normalized spacial score (nSPS) is 24.6. The summed E-state index contributed by atoms with van der Waals surface area (Å²) in [6, 6.07) is 7.40. The molecule has 4 atom stereocenters. The molecule has 1 aliphatic carbocycles. The molecule has 0 unspecified atom stereocenters. The van der Waals surface area contributed by atoms with Gasteiger partial charge in [-0.2, -0.15) is 0 Å². The highest BCUT2D eigenvalue weighted by molar-refractivity contribution is 5.85. The molecule has 2 aromatic carbocycles. The second-order valence-electron chi connectivity index (χ2n) is 10.5. The Labute approximate surface area is 244 Å². The van der Waals surface area contributed by atoms with Gasteiger partial charge in [-0.25, -0.2) is 4.79 Å². The minimum Gasteiger partial charge on any atom is -0.502 e. The molecular formula is C29H35ClN2O9. The van der Waals surface area contributed by atoms with Crippen LogP contribution in [0, 0.1) is 11.8 Å². The summed E-state index contributed by atoms with van der Waals surface area (Å²) >= 11 is 0. The summed E-state index contributed by atoms with van der Waals surface area (Å²) < 4.78 is 33.2. The first-order valence-corrected chi connectivity index (χ1v) is 13.7. The topological polar surface area (TPSA) is 125 Å². The number of benzene rings is 2. The predicted octanol–water partition coefficient (Wildman–Crippen LogP) is 3.75. The van der Waals surface area contributed by atoms with Crippen molar-refractivity contribution < 1.29 is 43.1 Å². The van der Waals surface area contributed by atoms with Gasteiger partial charge >= 0.3 is 12.1 Å². The Morgan fingerprint density at radius 1 is 1.02 bits per heavy atom. The van der Waals surface area contributed by atoms with Gasteiger partial charge in [-0.1, -0.05) is 0 Å². The van der Waals surface area contributed by atoms with Crippen LogP contribution in [0.4, 0.5) is 4.79 Å². The summed E-state index contributed by atoms with van der Waals surface area (Å²) in [4.78, 5) is 27.3. The van der Waals surface area contributed by atoms with E-state index in [9.17, 15) is 14.7 Å². The van der Waals surface area contributed by atoms with E-state index in [1.54, 1.807) is 24.0 Å². The number of rotatable bonds is 6. The number of hydrogen-bond acceptors (Lipinski definition) is 10. The average molecular weight is 591 g/mol. The zero-order chi connectivity index (χ0) is 28.0. The fraction of sp³-hybridized carbons (Fsp3) is 0.517. The van der Waals surface area contributed by atoms with E-state index < -0.39 is 11.8 Å². The molecule has 0 spiro atoms. The first-order chi connectivity index (χ1) is 19.4. The third-order valence-electron chi connectivity index (χ3n) is 8.48. The van der Waals surface area contributed by atoms with E-state index in [0.717, 1.165) is 29.5 Å². The number of ether oxygens (including phenoxy) is 6. The van der Waals surface area contributed by atoms with Crippen LogP contribution in [0.5, 0.6) is 28.7 Å². The highest BCUT2D eigenvalue weighted by Crippen LogP contribution is 2.55. The number of carbonyl (C=O) groups is 2. The van der Waals surface area contributed by atoms with Crippen molar-refractivity contribution >= 4 is 24.5 Å². The zero-order valence-corrected chi connectivity index (χ0v) is 24.0. The molecule has 12 heteroatoms. The molecule has 1 amide bonds. The summed E-state index contributed by atoms with van der Waals surface area (Å²) in [5, 5.41) is 14.4. The van der Waals surface area contributed by atoms with Crippen LogP contribution in [0.2, 0.25) is 0 Å². The van der Waals surface area contributed by atoms with Crippen molar-refractivity contribution in [3.63, 3.8) is 0 Å². The van der Waals surface area contributed by atoms with Crippen LogP contribution in [0.3, 0.4) is 0 Å². The molecule has 0 aromatic heterocycles. The molecule has 0 saturated carbocycles. The number of methoxy groups -OCH3 is 2. The minimum absolute atomic E-state index is 0. The Morgan fingerprint density at radius 3 is 2.27 bits per heavy atom. The molecule has 0 radical (unpaired) electrons. The summed E-state index contributed by atoms with van der Waals surface area (Å²) in [6.45, 7) is 3.75. The summed E-state index contributed by atoms with van der Waals surface area (Å²) in [7, 11) is 2.95. The molecule has 2 N–H and O–H groups in total. The van der Waals surface area contributed by atoms with Crippen molar-refractivity contribution in [1.29, 1.82) is 0 Å². The number of carbonyl (C=O) groups excluding carboxylic acids is 2. The molecule has 2 saturated heterocycles. The number of aromatic hydroxyl groups is 1. The number of amides is 1. The van der Waals surface area contributed by atoms with Gasteiger partial charge in [0, 0.05) is 37.0 Å². The maximum absolute atomic E-state index is 13.4. The second-order valence-corrected chi connectivity index (χ2v) is 10.5. The van der Waals surface area contributed by atoms with Crippen LogP contribution in [-0.4, -0.2) is 75.4 Å². The van der Waals surface area contributed by atoms with Gasteiger partial charge in [0.25, 0.3) is 0 Å². The summed E-state index contributed by atoms with van der Waals surface area (Å²) in [6.07, 6.45) is 1.24. The molecule has 41 heavy (non-hydrogen) atoms. The van der Waals surface area contributed by atoms with Crippen molar-refractivity contribution in [2.75, 3.05) is 47.3 Å². The molecule has 2 fully saturated rings. The number of nitrogens with zero attached hydrogens (tertiary/aromatic N) is 1. The number of hydrogen-bond donors (Lipinski definition) is 2. The Kier molecular flexibility index (Phi) is 8.28. The lowest BCUT2D eigenvalue weighted by Gasteiger charge is -2.42. The second kappa shape index (κ2) is 11.7. The number of likely N-dealkylation sites (tertiary alicyclic amines) is 1. The fourth-order valence-electron chi connectivity index (χ4n) is 6.57. The third kappa shape index (κ3) is 5.05. The first-order valence-electron chi connectivity index (χ1n) is 13.7. The quantitative estimate of drug-likeness (QED) is 0.481. The van der Waals surface area contributed by atoms with Crippen molar-refractivity contribution in [1.82, 2.24) is 10.2 Å². The SMILES string of the molecule is CCOC(=O)N1CCC(N[C@@H]2c3cc4c(cc3[C@@H](c3cc(OC)c(O)c(OC)c3)[C@H]3C(=O)OC[C@@H]32)OCO4)CC1.Cl. The van der Waals surface area contributed by atoms with Crippen LogP contribution in [0.25, 0.3) is 0 Å². The Morgan fingerprint density at radius 2 is 1.66 bits per heavy atom. The van der Waals surface area contributed by atoms with Crippen molar-refractivity contribution in [2.24, 2.45) is 11.8 Å². The van der Waals surface area contributed by atoms with Crippen LogP contribution in [0.15, 0.2) is 24.3 Å². The fourth-order valence-corrected chi connectivity index (χ4v) is 6.57. The predicted molar refractivity (Wildman–Crippen MR) is 148 cm³/mol. The van der Waals surface area contributed by atoms with Crippen LogP contribution in [-0.2, 0) is 14.3 Å². The Hall–Kier alpha value is -3.57. The van der Waals surface area contributed by atoms with E-state index >= 15 is 0 Å². The van der Waals surface area contributed by atoms with Crippen LogP contribution < -0.4 is 24.3 Å². The number of fused-ring (bicyclic) bond motifs is 3. The molecule has 222 valence electrons. The van der Waals surface area contributed by atoms with Crippen LogP contribution >= 0.6 is 12.4 Å². The molecule has 4 aliphatic rings. The zero-order valence-electron chi connectivity index (χ0n) is 23.2. The van der Waals surface area contributed by atoms with Gasteiger partial charge in [-0.05, 0) is 60.7 Å². The number of halogens is 1. The maximum Gasteiger partial charge on any atom is 0.409 e. The van der Waals surface area contributed by atoms with Gasteiger partial charge < -0.3 is 43.7 Å². The first kappa shape index (κ1) is 28.9. The summed E-state index contributed by atoms with van der Waals surface area (Å²) in [5.41, 5.74) is 2.69. The van der Waals surface area contributed by atoms with Gasteiger partial charge in [0.05, 0.1) is 33.4 Å². The standard InChI is InChI=1S/C29H34N2O9.ClH/c1-4-37-29(34)31-7-5-16(6-8-31)30-26-18-12-21-20(39-14-40-21)11-17(18)24(25-19(26)13-38-28(25)33)15-9-22(35-2)27(32)23(10-15)36-3;/h9-12,16,19,24-26,30,32H,4-8,13-14H2,1-3H3;1H/t19-,24+,25-,26+;/m0./s1. The highest BCUT2D eigenvalue weighted by Gasteiger charge is 2.53. The molecule has 0 bridgehead atoms. The van der Waals surface area contributed by atoms with Crippen molar-refractivity contribution in [3.05, 3.63) is 41.0 Å². The molecule has 3 heterocycles. The van der Waals surface area contributed by atoms with E-state index in [1.165, 1.54) is 14.2 Å². The van der Waals surface area contributed by atoms with Gasteiger partial charge in [0.1, 0.15) is 0 Å². The van der Waals surface area contributed by atoms with Crippen molar-refractivity contribution in [3.8, 4) is 28.7 Å². The van der Waals surface area contributed by atoms with Crippen LogP contribution in [0.1, 0.15) is 48.4 Å². The van der Waals surface area contributed by atoms with E-state index in [2.05, 4.69) is 5.32 Å². The molecule has 2 aromatic rings. The van der Waals surface area contributed by atoms with Crippen molar-refractivity contribution in [2.45, 2.75) is 37.8 Å². The molecular weight excluding hydrogens is 556 g/mol. The molecule has 6 rings (SSSR count). The van der Waals surface area contributed by atoms with Gasteiger partial charge in [0.15, 0.2) is 23.0 Å². The number of phenolic OH excluding ortho intramolecular Hbond substituents is 1. The number of cyclic esters (lactones) is 1. The maximum atomic E-state index is 13.4. The third-order valence-corrected chi connectivity index (χ3v) is 8.48. The minimum atomic E-state index is -0.482. The molecule has 3 aliphatic heterocycles. The highest BCUT2D eigenvalue weighted by atomic mass is 35.5. The lowest BCUT2D eigenvalue weighted by atomic mass is 9.65. The molecule has 11 nitrogen and oxygen atoms in total. The van der Waals surface area contributed by atoms with Gasteiger partial charge in [-0.3, -0.25) is 4.79 Å². The number of piperidine rings is 1. The summed E-state index contributed by atoms with van der Waals surface area (Å²) in [5.74, 6) is 0.392. The smallest absolute Gasteiger partial charge is 0.409 e. The number of nitrogens with one attached hydrogen (secondary N) is 1. The number of esters is 1. The van der Waals surface area contributed by atoms with Gasteiger partial charge in [-0.15, -0.1) is 12.4 Å². The lowest BCUT2D eigenvalue weighted by Crippen LogP contribution is -2.49. The Balaban J connectivity index is 0.00000337. The largest absolute Gasteiger partial charge is 0.502 e. The monoisotopic (exact) mass is 590 g/mol. The van der Waals surface area contributed by atoms with E-state index in [-0.39, 0.29) is 73.1 Å². The lowest BCUT2D eigenvalue weighted by molar-refractivity contribution is -0.141. The van der Waals surface area contributed by atoms with E-state index in [1.807, 2.05) is 12.1 Å². The number of phenols is 1.